The number of nitro groups is 1. The molecule has 0 saturated carbocycles. The zero-order valence-electron chi connectivity index (χ0n) is 15.7. The van der Waals surface area contributed by atoms with Crippen molar-refractivity contribution in [3.8, 4) is 5.75 Å². The first-order chi connectivity index (χ1) is 14.8. The van der Waals surface area contributed by atoms with Crippen LogP contribution in [-0.4, -0.2) is 27.2 Å². The molecule has 0 atom stereocenters. The predicted molar refractivity (Wildman–Crippen MR) is 122 cm³/mol. The van der Waals surface area contributed by atoms with E-state index in [9.17, 15) is 14.9 Å². The SMILES string of the molecule is O=C(O)c1ccc(COc2c(Br)cc(/C=N/Nc3ccc([N+](=O)[O-])cn3)cc2Br)cc1. The van der Waals surface area contributed by atoms with Gasteiger partial charge in [0.2, 0.25) is 0 Å². The van der Waals surface area contributed by atoms with Gasteiger partial charge in [-0.2, -0.15) is 5.10 Å². The molecule has 1 heterocycles. The number of anilines is 1. The fourth-order valence-corrected chi connectivity index (χ4v) is 3.87. The van der Waals surface area contributed by atoms with E-state index in [4.69, 9.17) is 9.84 Å². The summed E-state index contributed by atoms with van der Waals surface area (Å²) in [6.07, 6.45) is 2.71. The van der Waals surface area contributed by atoms with Crippen molar-refractivity contribution in [2.75, 3.05) is 5.43 Å². The van der Waals surface area contributed by atoms with Crippen LogP contribution in [0.1, 0.15) is 21.5 Å². The van der Waals surface area contributed by atoms with Crippen LogP contribution < -0.4 is 10.2 Å². The van der Waals surface area contributed by atoms with Gasteiger partial charge in [0.25, 0.3) is 5.69 Å². The summed E-state index contributed by atoms with van der Waals surface area (Å²) < 4.78 is 7.23. The number of ether oxygens (including phenoxy) is 1. The Labute approximate surface area is 193 Å². The first-order valence-electron chi connectivity index (χ1n) is 8.67. The van der Waals surface area contributed by atoms with Crippen LogP contribution in [0.25, 0.3) is 0 Å². The zero-order chi connectivity index (χ0) is 22.4. The Kier molecular flexibility index (Phi) is 7.32. The third-order valence-electron chi connectivity index (χ3n) is 3.96. The molecule has 0 aliphatic carbocycles. The molecule has 31 heavy (non-hydrogen) atoms. The topological polar surface area (TPSA) is 127 Å². The normalized spacial score (nSPS) is 10.8. The molecule has 2 aromatic carbocycles. The van der Waals surface area contributed by atoms with Crippen molar-refractivity contribution in [1.82, 2.24) is 4.98 Å². The van der Waals surface area contributed by atoms with Gasteiger partial charge in [-0.25, -0.2) is 9.78 Å². The van der Waals surface area contributed by atoms with Gasteiger partial charge in [-0.15, -0.1) is 0 Å². The van der Waals surface area contributed by atoms with Crippen LogP contribution in [0.15, 0.2) is 68.8 Å². The van der Waals surface area contributed by atoms with Crippen LogP contribution in [0.2, 0.25) is 0 Å². The van der Waals surface area contributed by atoms with Crippen LogP contribution in [-0.2, 0) is 6.61 Å². The summed E-state index contributed by atoms with van der Waals surface area (Å²) >= 11 is 6.94. The summed E-state index contributed by atoms with van der Waals surface area (Å²) in [7, 11) is 0. The maximum Gasteiger partial charge on any atom is 0.335 e. The molecule has 0 radical (unpaired) electrons. The van der Waals surface area contributed by atoms with Crippen molar-refractivity contribution in [1.29, 1.82) is 0 Å². The lowest BCUT2D eigenvalue weighted by Crippen LogP contribution is -2.00. The molecule has 3 rings (SSSR count). The van der Waals surface area contributed by atoms with Crippen LogP contribution in [0.4, 0.5) is 11.5 Å². The highest BCUT2D eigenvalue weighted by Crippen LogP contribution is 2.35. The molecule has 158 valence electrons. The van der Waals surface area contributed by atoms with Crippen molar-refractivity contribution < 1.29 is 19.6 Å². The highest BCUT2D eigenvalue weighted by atomic mass is 79.9. The van der Waals surface area contributed by atoms with E-state index in [2.05, 4.69) is 47.4 Å². The molecule has 2 N–H and O–H groups in total. The molecule has 1 aromatic heterocycles. The van der Waals surface area contributed by atoms with E-state index in [0.29, 0.717) is 20.5 Å². The van der Waals surface area contributed by atoms with Gasteiger partial charge in [-0.3, -0.25) is 15.5 Å². The summed E-state index contributed by atoms with van der Waals surface area (Å²) in [5, 5.41) is 23.7. The third kappa shape index (κ3) is 6.09. The van der Waals surface area contributed by atoms with Crippen LogP contribution >= 0.6 is 31.9 Å². The number of pyridine rings is 1. The van der Waals surface area contributed by atoms with Gasteiger partial charge in [-0.1, -0.05) is 12.1 Å². The molecule has 0 saturated heterocycles. The fraction of sp³-hybridized carbons (Fsp3) is 0.0500. The average molecular weight is 550 g/mol. The summed E-state index contributed by atoms with van der Waals surface area (Å²) in [5.74, 6) is -0.0210. The Morgan fingerprint density at radius 2 is 1.87 bits per heavy atom. The molecule has 0 aliphatic rings. The van der Waals surface area contributed by atoms with E-state index in [1.165, 1.54) is 24.3 Å². The number of carbonyl (C=O) groups is 1. The van der Waals surface area contributed by atoms with Gasteiger partial charge in [0, 0.05) is 6.07 Å². The summed E-state index contributed by atoms with van der Waals surface area (Å²) in [6.45, 7) is 0.262. The lowest BCUT2D eigenvalue weighted by molar-refractivity contribution is -0.385. The molecule has 3 aromatic rings. The molecule has 0 fully saturated rings. The number of rotatable bonds is 8. The van der Waals surface area contributed by atoms with E-state index in [-0.39, 0.29) is 17.9 Å². The van der Waals surface area contributed by atoms with E-state index < -0.39 is 10.9 Å². The quantitative estimate of drug-likeness (QED) is 0.223. The van der Waals surface area contributed by atoms with Crippen LogP contribution in [0.5, 0.6) is 5.75 Å². The second-order valence-corrected chi connectivity index (χ2v) is 7.84. The Bertz CT molecular complexity index is 1110. The van der Waals surface area contributed by atoms with Crippen molar-refractivity contribution in [3.05, 3.63) is 90.5 Å². The average Bonchev–Trinajstić information content (AvgIpc) is 2.74. The van der Waals surface area contributed by atoms with Gasteiger partial charge in [0.1, 0.15) is 24.4 Å². The number of carboxylic acids is 1. The molecular weight excluding hydrogens is 536 g/mol. The third-order valence-corrected chi connectivity index (χ3v) is 5.13. The van der Waals surface area contributed by atoms with Crippen molar-refractivity contribution in [2.45, 2.75) is 6.61 Å². The van der Waals surface area contributed by atoms with Gasteiger partial charge in [0.05, 0.1) is 25.6 Å². The second-order valence-electron chi connectivity index (χ2n) is 6.13. The number of hydrogen-bond acceptors (Lipinski definition) is 7. The van der Waals surface area contributed by atoms with E-state index in [0.717, 1.165) is 17.3 Å². The van der Waals surface area contributed by atoms with E-state index in [1.54, 1.807) is 18.3 Å². The Morgan fingerprint density at radius 3 is 2.42 bits per heavy atom. The molecule has 0 amide bonds. The fourth-order valence-electron chi connectivity index (χ4n) is 2.42. The summed E-state index contributed by atoms with van der Waals surface area (Å²) in [6, 6.07) is 12.9. The molecule has 0 aliphatic heterocycles. The van der Waals surface area contributed by atoms with Crippen molar-refractivity contribution in [3.63, 3.8) is 0 Å². The van der Waals surface area contributed by atoms with Gasteiger partial charge < -0.3 is 9.84 Å². The number of aromatic nitrogens is 1. The standard InChI is InChI=1S/C20H14Br2N4O5/c21-16-7-13(9-24-25-18-6-5-15(10-23-18)26(29)30)8-17(22)19(16)31-11-12-1-3-14(4-2-12)20(27)28/h1-10H,11H2,(H,23,25)(H,27,28)/b24-9+. The minimum atomic E-state index is -0.978. The maximum atomic E-state index is 10.9. The molecule has 0 unspecified atom stereocenters. The molecule has 0 spiro atoms. The van der Waals surface area contributed by atoms with Crippen LogP contribution in [0.3, 0.4) is 0 Å². The van der Waals surface area contributed by atoms with Gasteiger partial charge in [-0.05, 0) is 73.3 Å². The number of benzene rings is 2. The Balaban J connectivity index is 1.63. The number of nitrogens with zero attached hydrogens (tertiary/aromatic N) is 3. The number of aromatic carboxylic acids is 1. The highest BCUT2D eigenvalue weighted by molar-refractivity contribution is 9.11. The molecular formula is C20H14Br2N4O5. The van der Waals surface area contributed by atoms with Gasteiger partial charge >= 0.3 is 5.97 Å². The number of hydrazone groups is 1. The largest absolute Gasteiger partial charge is 0.487 e. The number of halogens is 2. The monoisotopic (exact) mass is 548 g/mol. The highest BCUT2D eigenvalue weighted by Gasteiger charge is 2.10. The predicted octanol–water partition coefficient (Wildman–Crippen LogP) is 5.24. The summed E-state index contributed by atoms with van der Waals surface area (Å²) in [5.41, 5.74) is 4.40. The van der Waals surface area contributed by atoms with E-state index >= 15 is 0 Å². The Morgan fingerprint density at radius 1 is 1.19 bits per heavy atom. The van der Waals surface area contributed by atoms with E-state index in [1.807, 2.05) is 12.1 Å². The number of nitrogens with one attached hydrogen (secondary N) is 1. The minimum Gasteiger partial charge on any atom is -0.487 e. The minimum absolute atomic E-state index is 0.101. The number of hydrogen-bond donors (Lipinski definition) is 2. The molecule has 11 heteroatoms. The zero-order valence-corrected chi connectivity index (χ0v) is 18.8. The number of carboxylic acid groups (broad SMARTS) is 1. The van der Waals surface area contributed by atoms with Crippen molar-refractivity contribution in [2.24, 2.45) is 5.10 Å². The summed E-state index contributed by atoms with van der Waals surface area (Å²) in [4.78, 5) is 24.9. The van der Waals surface area contributed by atoms with Gasteiger partial charge in [0.15, 0.2) is 0 Å². The maximum absolute atomic E-state index is 10.9. The molecule has 0 bridgehead atoms. The lowest BCUT2D eigenvalue weighted by atomic mass is 10.1. The second kappa shape index (κ2) is 10.1. The first-order valence-corrected chi connectivity index (χ1v) is 10.3. The first kappa shape index (κ1) is 22.4. The van der Waals surface area contributed by atoms with Crippen molar-refractivity contribution >= 4 is 55.5 Å². The smallest absolute Gasteiger partial charge is 0.335 e. The lowest BCUT2D eigenvalue weighted by Gasteiger charge is -2.11. The Hall–Kier alpha value is -3.31. The van der Waals surface area contributed by atoms with Crippen LogP contribution in [0, 0.1) is 10.1 Å². The molecule has 9 nitrogen and oxygen atoms in total.